The van der Waals surface area contributed by atoms with Gasteiger partial charge in [-0.3, -0.25) is 4.79 Å². The first-order valence-corrected chi connectivity index (χ1v) is 6.62. The molecule has 1 aromatic carbocycles. The number of rotatable bonds is 5. The topological polar surface area (TPSA) is 60.9 Å². The van der Waals surface area contributed by atoms with Crippen molar-refractivity contribution in [2.75, 3.05) is 5.73 Å². The average molecular weight is 257 g/mol. The summed E-state index contributed by atoms with van der Waals surface area (Å²) in [6, 6.07) is 8.09. The van der Waals surface area contributed by atoms with Gasteiger partial charge in [-0.1, -0.05) is 38.1 Å². The van der Waals surface area contributed by atoms with Gasteiger partial charge in [0.05, 0.1) is 5.56 Å². The summed E-state index contributed by atoms with van der Waals surface area (Å²) in [6.45, 7) is 4.89. The fraction of sp³-hybridized carbons (Fsp3) is 0.333. The van der Waals surface area contributed by atoms with E-state index in [9.17, 15) is 4.79 Å². The first-order chi connectivity index (χ1) is 9.21. The Bertz CT molecular complexity index is 570. The molecule has 4 nitrogen and oxygen atoms in total. The predicted molar refractivity (Wildman–Crippen MR) is 77.1 cm³/mol. The van der Waals surface area contributed by atoms with Crippen LogP contribution in [-0.4, -0.2) is 16.1 Å². The van der Waals surface area contributed by atoms with Gasteiger partial charge in [-0.05, 0) is 18.4 Å². The monoisotopic (exact) mass is 257 g/mol. The van der Waals surface area contributed by atoms with Gasteiger partial charge < -0.3 is 5.73 Å². The molecule has 0 atom stereocenters. The van der Waals surface area contributed by atoms with Crippen molar-refractivity contribution in [2.45, 2.75) is 33.2 Å². The Morgan fingerprint density at radius 3 is 2.47 bits per heavy atom. The lowest BCUT2D eigenvalue weighted by molar-refractivity contribution is 0.112. The fourth-order valence-corrected chi connectivity index (χ4v) is 2.10. The summed E-state index contributed by atoms with van der Waals surface area (Å²) < 4.78 is 1.70. The zero-order chi connectivity index (χ0) is 13.8. The molecular formula is C15H19N3O. The third-order valence-electron chi connectivity index (χ3n) is 3.22. The number of carbonyl (C=O) groups excluding carboxylic acids is 1. The Labute approximate surface area is 113 Å². The molecule has 0 fully saturated rings. The second-order valence-corrected chi connectivity index (χ2v) is 4.54. The summed E-state index contributed by atoms with van der Waals surface area (Å²) in [5.74, 6) is 0.450. The average Bonchev–Trinajstić information content (AvgIpc) is 2.76. The van der Waals surface area contributed by atoms with E-state index in [1.54, 1.807) is 4.68 Å². The number of nitrogens with two attached hydrogens (primary N) is 1. The van der Waals surface area contributed by atoms with Gasteiger partial charge >= 0.3 is 0 Å². The minimum Gasteiger partial charge on any atom is -0.383 e. The Kier molecular flexibility index (Phi) is 4.00. The van der Waals surface area contributed by atoms with Crippen LogP contribution in [0.2, 0.25) is 0 Å². The van der Waals surface area contributed by atoms with E-state index in [0.29, 0.717) is 17.1 Å². The van der Waals surface area contributed by atoms with Crippen LogP contribution in [0.25, 0.3) is 11.3 Å². The molecule has 2 N–H and O–H groups in total. The van der Waals surface area contributed by atoms with Crippen LogP contribution >= 0.6 is 0 Å². The van der Waals surface area contributed by atoms with E-state index in [4.69, 9.17) is 5.73 Å². The van der Waals surface area contributed by atoms with Crippen molar-refractivity contribution < 1.29 is 4.79 Å². The lowest BCUT2D eigenvalue weighted by Gasteiger charge is -2.00. The first kappa shape index (κ1) is 13.3. The molecule has 1 aromatic heterocycles. The van der Waals surface area contributed by atoms with Crippen LogP contribution in [0.5, 0.6) is 0 Å². The van der Waals surface area contributed by atoms with E-state index >= 15 is 0 Å². The summed E-state index contributed by atoms with van der Waals surface area (Å²) in [5, 5.41) is 4.46. The zero-order valence-corrected chi connectivity index (χ0v) is 11.4. The lowest BCUT2D eigenvalue weighted by Crippen LogP contribution is -2.04. The largest absolute Gasteiger partial charge is 0.383 e. The fourth-order valence-electron chi connectivity index (χ4n) is 2.10. The highest BCUT2D eigenvalue weighted by Gasteiger charge is 2.15. The Hall–Kier alpha value is -2.10. The third kappa shape index (κ3) is 2.52. The van der Waals surface area contributed by atoms with Crippen LogP contribution in [0.15, 0.2) is 24.3 Å². The molecular weight excluding hydrogens is 238 g/mol. The minimum absolute atomic E-state index is 0.450. The summed E-state index contributed by atoms with van der Waals surface area (Å²) in [5.41, 5.74) is 9.31. The number of hydrogen-bond donors (Lipinski definition) is 1. The molecule has 100 valence electrons. The third-order valence-corrected chi connectivity index (χ3v) is 3.22. The van der Waals surface area contributed by atoms with Gasteiger partial charge in [0.2, 0.25) is 0 Å². The number of benzene rings is 1. The lowest BCUT2D eigenvalue weighted by atomic mass is 10.1. The van der Waals surface area contributed by atoms with E-state index in [1.165, 1.54) is 5.56 Å². The van der Waals surface area contributed by atoms with Crippen molar-refractivity contribution in [1.29, 1.82) is 0 Å². The second-order valence-electron chi connectivity index (χ2n) is 4.54. The van der Waals surface area contributed by atoms with Crippen molar-refractivity contribution in [2.24, 2.45) is 0 Å². The number of aldehydes is 1. The highest BCUT2D eigenvalue weighted by atomic mass is 16.1. The van der Waals surface area contributed by atoms with Crippen LogP contribution in [0.3, 0.4) is 0 Å². The molecule has 0 spiro atoms. The highest BCUT2D eigenvalue weighted by molar-refractivity contribution is 5.91. The molecule has 0 saturated heterocycles. The second kappa shape index (κ2) is 5.69. The van der Waals surface area contributed by atoms with E-state index in [-0.39, 0.29) is 0 Å². The molecule has 0 bridgehead atoms. The normalized spacial score (nSPS) is 10.6. The van der Waals surface area contributed by atoms with E-state index in [1.807, 2.05) is 12.1 Å². The maximum Gasteiger partial charge on any atom is 0.156 e. The van der Waals surface area contributed by atoms with Crippen LogP contribution in [0.4, 0.5) is 5.82 Å². The highest BCUT2D eigenvalue weighted by Crippen LogP contribution is 2.26. The van der Waals surface area contributed by atoms with Crippen molar-refractivity contribution in [3.8, 4) is 11.3 Å². The van der Waals surface area contributed by atoms with Crippen LogP contribution in [0, 0.1) is 0 Å². The van der Waals surface area contributed by atoms with Crippen molar-refractivity contribution in [3.05, 3.63) is 35.4 Å². The molecule has 1 heterocycles. The maximum atomic E-state index is 11.2. The van der Waals surface area contributed by atoms with E-state index in [2.05, 4.69) is 31.1 Å². The number of carbonyl (C=O) groups is 1. The van der Waals surface area contributed by atoms with Gasteiger partial charge in [0.15, 0.2) is 6.29 Å². The minimum atomic E-state index is 0.450. The van der Waals surface area contributed by atoms with Crippen LogP contribution in [-0.2, 0) is 13.0 Å². The number of aromatic nitrogens is 2. The van der Waals surface area contributed by atoms with Gasteiger partial charge in [0, 0.05) is 12.1 Å². The van der Waals surface area contributed by atoms with Crippen molar-refractivity contribution >= 4 is 12.1 Å². The standard InChI is InChI=1S/C15H19N3O/c1-3-9-18-15(16)13(10-19)14(17-18)12-7-5-11(4-2)6-8-12/h5-8,10H,3-4,9,16H2,1-2H3. The van der Waals surface area contributed by atoms with E-state index in [0.717, 1.165) is 31.2 Å². The summed E-state index contributed by atoms with van der Waals surface area (Å²) >= 11 is 0. The number of anilines is 1. The SMILES string of the molecule is CCCn1nc(-c2ccc(CC)cc2)c(C=O)c1N. The first-order valence-electron chi connectivity index (χ1n) is 6.62. The molecule has 0 saturated carbocycles. The number of hydrogen-bond acceptors (Lipinski definition) is 3. The Morgan fingerprint density at radius 1 is 1.26 bits per heavy atom. The molecule has 4 heteroatoms. The van der Waals surface area contributed by atoms with Crippen molar-refractivity contribution in [1.82, 2.24) is 9.78 Å². The van der Waals surface area contributed by atoms with Gasteiger partial charge in [-0.2, -0.15) is 5.10 Å². The van der Waals surface area contributed by atoms with Gasteiger partial charge in [-0.25, -0.2) is 4.68 Å². The molecule has 0 aliphatic carbocycles. The van der Waals surface area contributed by atoms with Gasteiger partial charge in [0.1, 0.15) is 11.5 Å². The Morgan fingerprint density at radius 2 is 1.95 bits per heavy atom. The summed E-state index contributed by atoms with van der Waals surface area (Å²) in [4.78, 5) is 11.2. The summed E-state index contributed by atoms with van der Waals surface area (Å²) in [7, 11) is 0. The number of aryl methyl sites for hydroxylation is 2. The zero-order valence-electron chi connectivity index (χ0n) is 11.4. The molecule has 0 unspecified atom stereocenters. The molecule has 2 rings (SSSR count). The predicted octanol–water partition coefficient (Wildman–Crippen LogP) is 2.92. The molecule has 0 radical (unpaired) electrons. The molecule has 19 heavy (non-hydrogen) atoms. The number of nitrogen functional groups attached to an aromatic ring is 1. The summed E-state index contributed by atoms with van der Waals surface area (Å²) in [6.07, 6.45) is 2.71. The van der Waals surface area contributed by atoms with Crippen LogP contribution in [0.1, 0.15) is 36.2 Å². The molecule has 0 aliphatic heterocycles. The van der Waals surface area contributed by atoms with Gasteiger partial charge in [0.25, 0.3) is 0 Å². The maximum absolute atomic E-state index is 11.2. The molecule has 2 aromatic rings. The van der Waals surface area contributed by atoms with Crippen LogP contribution < -0.4 is 5.73 Å². The smallest absolute Gasteiger partial charge is 0.156 e. The number of nitrogens with zero attached hydrogens (tertiary/aromatic N) is 2. The quantitative estimate of drug-likeness (QED) is 0.838. The molecule has 0 amide bonds. The van der Waals surface area contributed by atoms with Gasteiger partial charge in [-0.15, -0.1) is 0 Å². The Balaban J connectivity index is 2.47. The van der Waals surface area contributed by atoms with E-state index < -0.39 is 0 Å². The van der Waals surface area contributed by atoms with Crippen molar-refractivity contribution in [3.63, 3.8) is 0 Å². The molecule has 0 aliphatic rings.